The van der Waals surface area contributed by atoms with Gasteiger partial charge in [0.1, 0.15) is 12.6 Å². The molecule has 2 aliphatic rings. The molecule has 2 aromatic heterocycles. The fourth-order valence-corrected chi connectivity index (χ4v) is 4.07. The number of fused-ring (bicyclic) bond motifs is 2. The van der Waals surface area contributed by atoms with E-state index >= 15 is 0 Å². The molecular weight excluding hydrogens is 330 g/mol. The molecule has 7 heteroatoms. The summed E-state index contributed by atoms with van der Waals surface area (Å²) in [6.45, 7) is 0.0476. The molecule has 3 atom stereocenters. The molecular formula is C19H21N5O2. The molecule has 0 bridgehead atoms. The topological polar surface area (TPSA) is 85.1 Å². The number of nitrogens with zero attached hydrogens (tertiary/aromatic N) is 4. The van der Waals surface area contributed by atoms with E-state index < -0.39 is 0 Å². The van der Waals surface area contributed by atoms with Crippen molar-refractivity contribution in [1.29, 1.82) is 0 Å². The van der Waals surface area contributed by atoms with Crippen molar-refractivity contribution in [3.63, 3.8) is 0 Å². The average molecular weight is 351 g/mol. The smallest absolute Gasteiger partial charge is 0.167 e. The molecule has 0 amide bonds. The van der Waals surface area contributed by atoms with Crippen molar-refractivity contribution >= 4 is 17.0 Å². The number of benzene rings is 1. The molecule has 0 saturated carbocycles. The third kappa shape index (κ3) is 2.55. The summed E-state index contributed by atoms with van der Waals surface area (Å²) in [6.07, 6.45) is 6.92. The highest BCUT2D eigenvalue weighted by Gasteiger charge is 2.28. The molecule has 1 aliphatic heterocycles. The summed E-state index contributed by atoms with van der Waals surface area (Å²) in [6, 6.07) is 8.79. The Kier molecular flexibility index (Phi) is 3.83. The van der Waals surface area contributed by atoms with Crippen LogP contribution in [0.4, 0.5) is 5.82 Å². The SMILES string of the molecule is OC[C@H]1CC[C@H](n2cnc3c(N[C@H]4CCc5ccccc54)ncnc32)O1. The Morgan fingerprint density at radius 2 is 2.08 bits per heavy atom. The number of ether oxygens (including phenoxy) is 1. The van der Waals surface area contributed by atoms with Gasteiger partial charge in [0.25, 0.3) is 0 Å². The van der Waals surface area contributed by atoms with Crippen LogP contribution in [0.1, 0.15) is 42.7 Å². The van der Waals surface area contributed by atoms with Gasteiger partial charge in [-0.15, -0.1) is 0 Å². The van der Waals surface area contributed by atoms with E-state index in [0.717, 1.165) is 42.7 Å². The Labute approximate surface area is 151 Å². The fourth-order valence-electron chi connectivity index (χ4n) is 4.07. The first-order valence-corrected chi connectivity index (χ1v) is 9.11. The molecule has 1 aromatic carbocycles. The molecule has 1 aliphatic carbocycles. The number of hydrogen-bond acceptors (Lipinski definition) is 6. The minimum absolute atomic E-state index is 0.0476. The van der Waals surface area contributed by atoms with Gasteiger partial charge in [0.15, 0.2) is 17.0 Å². The van der Waals surface area contributed by atoms with Crippen molar-refractivity contribution in [1.82, 2.24) is 19.5 Å². The largest absolute Gasteiger partial charge is 0.394 e. The lowest BCUT2D eigenvalue weighted by atomic mass is 10.1. The first-order valence-electron chi connectivity index (χ1n) is 9.11. The Hall–Kier alpha value is -2.51. The molecule has 3 aromatic rings. The Morgan fingerprint density at radius 3 is 2.96 bits per heavy atom. The average Bonchev–Trinajstić information content (AvgIpc) is 3.40. The van der Waals surface area contributed by atoms with E-state index in [1.165, 1.54) is 11.1 Å². The first-order chi connectivity index (χ1) is 12.8. The van der Waals surface area contributed by atoms with Gasteiger partial charge in [-0.05, 0) is 36.8 Å². The van der Waals surface area contributed by atoms with Crippen molar-refractivity contribution in [2.45, 2.75) is 44.1 Å². The summed E-state index contributed by atoms with van der Waals surface area (Å²) >= 11 is 0. The Morgan fingerprint density at radius 1 is 1.15 bits per heavy atom. The van der Waals surface area contributed by atoms with Crippen molar-refractivity contribution in [3.05, 3.63) is 48.0 Å². The summed E-state index contributed by atoms with van der Waals surface area (Å²) in [7, 11) is 0. The van der Waals surface area contributed by atoms with Gasteiger partial charge in [0.05, 0.1) is 25.1 Å². The summed E-state index contributed by atoms with van der Waals surface area (Å²) < 4.78 is 7.82. The van der Waals surface area contributed by atoms with E-state index in [1.807, 2.05) is 4.57 Å². The highest BCUT2D eigenvalue weighted by atomic mass is 16.5. The number of aliphatic hydroxyl groups excluding tert-OH is 1. The van der Waals surface area contributed by atoms with Crippen LogP contribution in [0.3, 0.4) is 0 Å². The van der Waals surface area contributed by atoms with E-state index in [-0.39, 0.29) is 25.0 Å². The van der Waals surface area contributed by atoms with E-state index in [4.69, 9.17) is 4.74 Å². The van der Waals surface area contributed by atoms with Crippen LogP contribution in [-0.4, -0.2) is 37.3 Å². The molecule has 3 heterocycles. The van der Waals surface area contributed by atoms with Gasteiger partial charge in [-0.3, -0.25) is 4.57 Å². The quantitative estimate of drug-likeness (QED) is 0.751. The first kappa shape index (κ1) is 15.7. The second kappa shape index (κ2) is 6.34. The maximum Gasteiger partial charge on any atom is 0.167 e. The highest BCUT2D eigenvalue weighted by molar-refractivity contribution is 5.83. The van der Waals surface area contributed by atoms with E-state index in [1.54, 1.807) is 12.7 Å². The van der Waals surface area contributed by atoms with Crippen molar-refractivity contribution < 1.29 is 9.84 Å². The Balaban J connectivity index is 1.45. The second-order valence-corrected chi connectivity index (χ2v) is 6.95. The second-order valence-electron chi connectivity index (χ2n) is 6.95. The zero-order valence-corrected chi connectivity index (χ0v) is 14.4. The third-order valence-electron chi connectivity index (χ3n) is 5.40. The lowest BCUT2D eigenvalue weighted by Gasteiger charge is -2.16. The molecule has 1 saturated heterocycles. The number of imidazole rings is 1. The monoisotopic (exact) mass is 351 g/mol. The van der Waals surface area contributed by atoms with Gasteiger partial charge in [0.2, 0.25) is 0 Å². The van der Waals surface area contributed by atoms with Crippen LogP contribution in [0.15, 0.2) is 36.9 Å². The fraction of sp³-hybridized carbons (Fsp3) is 0.421. The maximum atomic E-state index is 9.29. The van der Waals surface area contributed by atoms with Crippen LogP contribution in [0.2, 0.25) is 0 Å². The number of nitrogens with one attached hydrogen (secondary N) is 1. The molecule has 0 unspecified atom stereocenters. The zero-order chi connectivity index (χ0) is 17.5. The van der Waals surface area contributed by atoms with Crippen LogP contribution in [0.25, 0.3) is 11.2 Å². The number of anilines is 1. The highest BCUT2D eigenvalue weighted by Crippen LogP contribution is 2.35. The van der Waals surface area contributed by atoms with E-state index in [9.17, 15) is 5.11 Å². The summed E-state index contributed by atoms with van der Waals surface area (Å²) in [5, 5.41) is 12.8. The molecule has 5 rings (SSSR count). The molecule has 0 radical (unpaired) electrons. The van der Waals surface area contributed by atoms with Crippen LogP contribution in [-0.2, 0) is 11.2 Å². The van der Waals surface area contributed by atoms with E-state index in [2.05, 4.69) is 44.5 Å². The van der Waals surface area contributed by atoms with Crippen molar-refractivity contribution in [2.24, 2.45) is 0 Å². The number of hydrogen-bond donors (Lipinski definition) is 2. The molecule has 7 nitrogen and oxygen atoms in total. The van der Waals surface area contributed by atoms with Crippen molar-refractivity contribution in [3.8, 4) is 0 Å². The molecule has 1 fully saturated rings. The Bertz CT molecular complexity index is 941. The van der Waals surface area contributed by atoms with Crippen LogP contribution < -0.4 is 5.32 Å². The van der Waals surface area contributed by atoms with Crippen LogP contribution in [0.5, 0.6) is 0 Å². The van der Waals surface area contributed by atoms with E-state index in [0.29, 0.717) is 0 Å². The number of aromatic nitrogens is 4. The predicted octanol–water partition coefficient (Wildman–Crippen LogP) is 2.60. The van der Waals surface area contributed by atoms with Gasteiger partial charge in [0, 0.05) is 0 Å². The molecule has 0 spiro atoms. The summed E-state index contributed by atoms with van der Waals surface area (Å²) in [5.74, 6) is 0.757. The third-order valence-corrected chi connectivity index (χ3v) is 5.40. The van der Waals surface area contributed by atoms with Crippen LogP contribution in [0, 0.1) is 0 Å². The maximum absolute atomic E-state index is 9.29. The predicted molar refractivity (Wildman–Crippen MR) is 96.7 cm³/mol. The minimum Gasteiger partial charge on any atom is -0.394 e. The molecule has 134 valence electrons. The summed E-state index contributed by atoms with van der Waals surface area (Å²) in [4.78, 5) is 13.4. The number of aryl methyl sites for hydroxylation is 1. The van der Waals surface area contributed by atoms with Crippen LogP contribution >= 0.6 is 0 Å². The molecule has 26 heavy (non-hydrogen) atoms. The standard InChI is InChI=1S/C19H21N5O2/c25-9-13-6-8-16(26-13)24-11-22-17-18(20-10-21-19(17)24)23-15-7-5-12-3-1-2-4-14(12)15/h1-4,10-11,13,15-16,25H,5-9H2,(H,20,21,23)/t13-,15+,16-/m1/s1. The summed E-state index contributed by atoms with van der Waals surface area (Å²) in [5.41, 5.74) is 4.25. The minimum atomic E-state index is -0.132. The zero-order valence-electron chi connectivity index (χ0n) is 14.4. The van der Waals surface area contributed by atoms with Gasteiger partial charge in [-0.1, -0.05) is 24.3 Å². The van der Waals surface area contributed by atoms with Gasteiger partial charge < -0.3 is 15.2 Å². The lowest BCUT2D eigenvalue weighted by molar-refractivity contribution is -0.0207. The lowest BCUT2D eigenvalue weighted by Crippen LogP contribution is -2.14. The normalized spacial score (nSPS) is 24.9. The van der Waals surface area contributed by atoms with Crippen molar-refractivity contribution in [2.75, 3.05) is 11.9 Å². The molecule has 2 N–H and O–H groups in total. The number of rotatable bonds is 4. The van der Waals surface area contributed by atoms with Gasteiger partial charge in [-0.25, -0.2) is 15.0 Å². The van der Waals surface area contributed by atoms with Gasteiger partial charge >= 0.3 is 0 Å². The number of aliphatic hydroxyl groups is 1. The van der Waals surface area contributed by atoms with Gasteiger partial charge in [-0.2, -0.15) is 0 Å².